The van der Waals surface area contributed by atoms with Crippen molar-refractivity contribution >= 4 is 7.82 Å². The lowest BCUT2D eigenvalue weighted by Crippen LogP contribution is -2.19. The molecule has 3 aromatic rings. The summed E-state index contributed by atoms with van der Waals surface area (Å²) in [5.74, 6) is 1.12. The Balaban J connectivity index is 1.86. The molecule has 12 nitrogen and oxygen atoms in total. The first-order valence-electron chi connectivity index (χ1n) is 8.71. The second kappa shape index (κ2) is 7.99. The second-order valence-corrected chi connectivity index (χ2v) is 7.24. The second-order valence-electron chi connectivity index (χ2n) is 6.16. The van der Waals surface area contributed by atoms with Gasteiger partial charge in [0, 0.05) is 17.7 Å². The minimum Gasteiger partial charge on any atom is -0.780 e. The molecule has 0 fully saturated rings. The number of nitrogens with zero attached hydrogens (tertiary/aromatic N) is 3. The summed E-state index contributed by atoms with van der Waals surface area (Å²) in [6.45, 7) is 0.0557. The topological polar surface area (TPSA) is 149 Å². The van der Waals surface area contributed by atoms with Crippen LogP contribution in [0.5, 0.6) is 34.5 Å². The Hall–Kier alpha value is -3.47. The molecule has 2 heterocycles. The summed E-state index contributed by atoms with van der Waals surface area (Å²) in [6.07, 6.45) is 1.44. The molecule has 0 N–H and O–H groups in total. The van der Waals surface area contributed by atoms with E-state index in [1.54, 1.807) is 18.2 Å². The minimum atomic E-state index is -5.37. The number of phosphoric ester groups is 1. The van der Waals surface area contributed by atoms with E-state index in [4.69, 9.17) is 23.7 Å². The van der Waals surface area contributed by atoms with Crippen LogP contribution < -0.4 is 38.0 Å². The molecule has 0 saturated carbocycles. The van der Waals surface area contributed by atoms with E-state index in [0.29, 0.717) is 34.2 Å². The molecule has 1 aliphatic heterocycles. The van der Waals surface area contributed by atoms with Gasteiger partial charge < -0.3 is 42.6 Å². The van der Waals surface area contributed by atoms with Crippen LogP contribution >= 0.6 is 7.82 Å². The first kappa shape index (κ1) is 20.8. The van der Waals surface area contributed by atoms with Gasteiger partial charge in [-0.15, -0.1) is 5.10 Å². The fraction of sp³-hybridized carbons (Fsp3) is 0.222. The van der Waals surface area contributed by atoms with E-state index >= 15 is 0 Å². The summed E-state index contributed by atoms with van der Waals surface area (Å²) in [6, 6.07) is 6.23. The van der Waals surface area contributed by atoms with Crippen LogP contribution in [0.2, 0.25) is 0 Å². The first-order chi connectivity index (χ1) is 14.8. The van der Waals surface area contributed by atoms with Crippen LogP contribution in [0, 0.1) is 0 Å². The van der Waals surface area contributed by atoms with E-state index in [1.807, 2.05) is 0 Å². The van der Waals surface area contributed by atoms with Gasteiger partial charge in [0.2, 0.25) is 18.3 Å². The SMILES string of the molecule is COc1cc(-c2cnnn2-c2cc(OC)c3c(c2)OCO3)cc(OP(=O)([O-])[O-])c1OC. The first-order valence-corrected chi connectivity index (χ1v) is 10.2. The molecular formula is C18H16N3O9P-2. The van der Waals surface area contributed by atoms with Crippen molar-refractivity contribution in [1.29, 1.82) is 0 Å². The van der Waals surface area contributed by atoms with Gasteiger partial charge in [-0.3, -0.25) is 0 Å². The van der Waals surface area contributed by atoms with Crippen molar-refractivity contribution in [2.75, 3.05) is 28.1 Å². The van der Waals surface area contributed by atoms with Gasteiger partial charge in [0.1, 0.15) is 7.82 Å². The number of phosphoric acid groups is 1. The molecule has 0 spiro atoms. The summed E-state index contributed by atoms with van der Waals surface area (Å²) in [4.78, 5) is 22.4. The largest absolute Gasteiger partial charge is 0.780 e. The van der Waals surface area contributed by atoms with Crippen LogP contribution in [-0.4, -0.2) is 43.1 Å². The number of fused-ring (bicyclic) bond motifs is 1. The maximum Gasteiger partial charge on any atom is 0.231 e. The van der Waals surface area contributed by atoms with Crippen molar-refractivity contribution in [2.45, 2.75) is 0 Å². The minimum absolute atomic E-state index is 0.0538. The molecule has 2 aromatic carbocycles. The molecular weight excluding hydrogens is 433 g/mol. The van der Waals surface area contributed by atoms with Crippen LogP contribution in [0.15, 0.2) is 30.5 Å². The number of hydrogen-bond acceptors (Lipinski definition) is 11. The molecule has 0 bridgehead atoms. The maximum atomic E-state index is 11.2. The lowest BCUT2D eigenvalue weighted by molar-refractivity contribution is -0.333. The van der Waals surface area contributed by atoms with Gasteiger partial charge in [-0.1, -0.05) is 5.21 Å². The molecule has 31 heavy (non-hydrogen) atoms. The van der Waals surface area contributed by atoms with Crippen molar-refractivity contribution in [2.24, 2.45) is 0 Å². The number of methoxy groups -OCH3 is 3. The summed E-state index contributed by atoms with van der Waals surface area (Å²) in [5.41, 5.74) is 1.35. The van der Waals surface area contributed by atoms with Crippen molar-refractivity contribution in [1.82, 2.24) is 15.0 Å². The van der Waals surface area contributed by atoms with Crippen LogP contribution in [0.1, 0.15) is 0 Å². The van der Waals surface area contributed by atoms with Gasteiger partial charge in [0.25, 0.3) is 0 Å². The van der Waals surface area contributed by atoms with E-state index < -0.39 is 7.82 Å². The van der Waals surface area contributed by atoms with E-state index in [-0.39, 0.29) is 24.0 Å². The van der Waals surface area contributed by atoms with Gasteiger partial charge >= 0.3 is 0 Å². The molecule has 13 heteroatoms. The fourth-order valence-corrected chi connectivity index (χ4v) is 3.50. The molecule has 0 saturated heterocycles. The Labute approximate surface area is 176 Å². The standard InChI is InChI=1S/C18H18N3O9P/c1-25-13-4-10(5-16(17(13)27-3)30-31(22,23)24)12-8-19-20-21(12)11-6-14(26-2)18-15(7-11)28-9-29-18/h4-8H,9H2,1-3H3,(H2,22,23,24)/p-2. The zero-order valence-corrected chi connectivity index (χ0v) is 17.5. The van der Waals surface area contributed by atoms with Crippen molar-refractivity contribution in [3.05, 3.63) is 30.5 Å². The van der Waals surface area contributed by atoms with Crippen LogP contribution in [0.3, 0.4) is 0 Å². The van der Waals surface area contributed by atoms with E-state index in [2.05, 4.69) is 14.8 Å². The maximum absolute atomic E-state index is 11.2. The van der Waals surface area contributed by atoms with Gasteiger partial charge in [-0.25, -0.2) is 4.68 Å². The molecule has 164 valence electrons. The third-order valence-electron chi connectivity index (χ3n) is 4.39. The van der Waals surface area contributed by atoms with Crippen LogP contribution in [0.25, 0.3) is 16.9 Å². The van der Waals surface area contributed by atoms with Crippen LogP contribution in [0.4, 0.5) is 0 Å². The Morgan fingerprint density at radius 2 is 1.74 bits per heavy atom. The highest BCUT2D eigenvalue weighted by Gasteiger charge is 2.23. The molecule has 1 aromatic heterocycles. The van der Waals surface area contributed by atoms with E-state index in [9.17, 15) is 14.4 Å². The Bertz CT molecular complexity index is 1170. The quantitative estimate of drug-likeness (QED) is 0.473. The fourth-order valence-electron chi connectivity index (χ4n) is 3.13. The molecule has 0 aliphatic carbocycles. The lowest BCUT2D eigenvalue weighted by Gasteiger charge is -2.30. The average Bonchev–Trinajstić information content (AvgIpc) is 3.40. The Morgan fingerprint density at radius 1 is 1.00 bits per heavy atom. The zero-order chi connectivity index (χ0) is 22.2. The molecule has 0 amide bonds. The monoisotopic (exact) mass is 449 g/mol. The third-order valence-corrected chi connectivity index (χ3v) is 4.81. The summed E-state index contributed by atoms with van der Waals surface area (Å²) < 4.78 is 43.9. The predicted octanol–water partition coefficient (Wildman–Crippen LogP) is 0.896. The Morgan fingerprint density at radius 3 is 2.42 bits per heavy atom. The molecule has 4 rings (SSSR count). The predicted molar refractivity (Wildman–Crippen MR) is 101 cm³/mol. The summed E-state index contributed by atoms with van der Waals surface area (Å²) >= 11 is 0. The van der Waals surface area contributed by atoms with Gasteiger partial charge in [0.05, 0.1) is 38.9 Å². The molecule has 0 unspecified atom stereocenters. The van der Waals surface area contributed by atoms with Crippen molar-refractivity contribution < 1.29 is 42.6 Å². The van der Waals surface area contributed by atoms with Crippen molar-refractivity contribution in [3.63, 3.8) is 0 Å². The highest BCUT2D eigenvalue weighted by Crippen LogP contribution is 2.46. The zero-order valence-electron chi connectivity index (χ0n) is 16.6. The number of rotatable bonds is 7. The molecule has 1 aliphatic rings. The lowest BCUT2D eigenvalue weighted by atomic mass is 10.1. The highest BCUT2D eigenvalue weighted by molar-refractivity contribution is 7.43. The number of ether oxygens (including phenoxy) is 5. The number of aromatic nitrogens is 3. The highest BCUT2D eigenvalue weighted by atomic mass is 31.2. The average molecular weight is 449 g/mol. The van der Waals surface area contributed by atoms with Gasteiger partial charge in [-0.2, -0.15) is 0 Å². The van der Waals surface area contributed by atoms with Gasteiger partial charge in [-0.05, 0) is 12.1 Å². The van der Waals surface area contributed by atoms with E-state index in [1.165, 1.54) is 38.3 Å². The number of benzene rings is 2. The summed E-state index contributed by atoms with van der Waals surface area (Å²) in [5, 5.41) is 8.02. The number of hydrogen-bond donors (Lipinski definition) is 0. The van der Waals surface area contributed by atoms with Crippen LogP contribution in [-0.2, 0) is 4.57 Å². The smallest absolute Gasteiger partial charge is 0.231 e. The normalized spacial score (nSPS) is 12.5. The Kier molecular flexibility index (Phi) is 5.36. The third kappa shape index (κ3) is 3.96. The molecule has 0 radical (unpaired) electrons. The van der Waals surface area contributed by atoms with E-state index in [0.717, 1.165) is 0 Å². The summed E-state index contributed by atoms with van der Waals surface area (Å²) in [7, 11) is -1.23. The van der Waals surface area contributed by atoms with Gasteiger partial charge in [0.15, 0.2) is 23.0 Å². The molecule has 0 atom stereocenters. The van der Waals surface area contributed by atoms with Crippen molar-refractivity contribution in [3.8, 4) is 51.4 Å².